The van der Waals surface area contributed by atoms with Crippen LogP contribution in [0.5, 0.6) is 0 Å². The fraction of sp³-hybridized carbons (Fsp3) is 0.203. The van der Waals surface area contributed by atoms with E-state index in [2.05, 4.69) is 492 Å². The molecule has 0 bridgehead atoms. The number of hydrogen-bond donors (Lipinski definition) is 0. The van der Waals surface area contributed by atoms with Gasteiger partial charge in [-0.15, -0.1) is 0 Å². The summed E-state index contributed by atoms with van der Waals surface area (Å²) >= 11 is 0. The molecule has 16 aliphatic rings. The first-order valence-electron chi connectivity index (χ1n) is 55.5. The molecule has 2 aromatic heterocycles. The first-order valence-corrected chi connectivity index (χ1v) is 55.5. The molecule has 9 nitrogen and oxygen atoms in total. The zero-order valence-electron chi connectivity index (χ0n) is 86.1. The number of hydrogen-bond acceptors (Lipinski definition) is 7. The second kappa shape index (κ2) is 34.3. The highest BCUT2D eigenvalue weighted by atomic mass is 15.3. The molecule has 12 heteroatoms. The minimum Gasteiger partial charge on any atom is -0.358 e. The summed E-state index contributed by atoms with van der Waals surface area (Å²) in [6, 6.07) is 111. The molecule has 11 atom stereocenters. The molecule has 0 spiro atoms. The molecule has 0 amide bonds. The number of aromatic nitrogens is 2. The highest BCUT2D eigenvalue weighted by Crippen LogP contribution is 2.58. The van der Waals surface area contributed by atoms with Crippen LogP contribution in [0, 0.1) is 45.4 Å². The molecule has 0 saturated carbocycles. The molecular formula is C138H118B3N9. The summed E-state index contributed by atoms with van der Waals surface area (Å²) in [7, 11) is 0. The Bertz CT molecular complexity index is 8660. The van der Waals surface area contributed by atoms with Gasteiger partial charge in [0.15, 0.2) is 0 Å². The Labute approximate surface area is 882 Å². The summed E-state index contributed by atoms with van der Waals surface area (Å²) in [5.41, 5.74) is 53.4. The van der Waals surface area contributed by atoms with Gasteiger partial charge in [-0.05, 0) is 383 Å². The first kappa shape index (κ1) is 88.2. The van der Waals surface area contributed by atoms with Gasteiger partial charge in [-0.3, -0.25) is 0 Å². The SMILES string of the molecule is CC1=CC2B3c4c(cccc4N(c4ccc(-n5c6ccccc6c6ccccc65)cc4)C4C=CC(C5C=C(c6ccc7c(c6)B6c8c(cccc8N(c8ccc(C)cc8)C8CCC(C)=CC68)N7C6=CC=C(n7c8c(c9c7C=CCC9)CCC=C8)CC6)C=C(c6ccc7c(c6)B6c8cc(C)ccc8N(c8ccc(C)cc8)c8cccc(c86)N7c6ccc(N7C8C=CC=CC8C8CCC=CC87)cc6)C5)=CC34)N(c3ccc(C)cc3)C2C=C1. The van der Waals surface area contributed by atoms with Crippen molar-refractivity contribution in [2.45, 2.75) is 160 Å². The Kier molecular flexibility index (Phi) is 20.2. The van der Waals surface area contributed by atoms with E-state index in [0.717, 1.165) is 81.3 Å². The van der Waals surface area contributed by atoms with Gasteiger partial charge in [0.05, 0.1) is 35.2 Å². The Hall–Kier alpha value is -15.9. The third-order valence-corrected chi connectivity index (χ3v) is 37.2. The van der Waals surface area contributed by atoms with Crippen LogP contribution in [0.1, 0.15) is 128 Å². The van der Waals surface area contributed by atoms with Crippen LogP contribution < -0.4 is 67.1 Å². The smallest absolute Gasteiger partial charge is 0.252 e. The van der Waals surface area contributed by atoms with Crippen LogP contribution in [0.15, 0.2) is 417 Å². The number of nitrogens with zero attached hydrogens (tertiary/aromatic N) is 9. The maximum atomic E-state index is 2.84. The van der Waals surface area contributed by atoms with Gasteiger partial charge < -0.3 is 43.4 Å². The van der Waals surface area contributed by atoms with Crippen molar-refractivity contribution < 1.29 is 0 Å². The number of anilines is 15. The molecule has 9 aliphatic carbocycles. The van der Waals surface area contributed by atoms with E-state index in [1.807, 2.05) is 0 Å². The summed E-state index contributed by atoms with van der Waals surface area (Å²) in [5, 5.41) is 2.53. The van der Waals surface area contributed by atoms with E-state index in [1.54, 1.807) is 11.1 Å². The maximum Gasteiger partial charge on any atom is 0.252 e. The van der Waals surface area contributed by atoms with Crippen molar-refractivity contribution in [3.05, 3.63) is 473 Å². The summed E-state index contributed by atoms with van der Waals surface area (Å²) in [4.78, 5) is 18.9. The normalized spacial score (nSPS) is 23.1. The molecule has 1 saturated heterocycles. The topological polar surface area (TPSA) is 32.5 Å². The van der Waals surface area contributed by atoms with Gasteiger partial charge in [0.2, 0.25) is 13.4 Å². The lowest BCUT2D eigenvalue weighted by Gasteiger charge is -2.54. The largest absolute Gasteiger partial charge is 0.358 e. The Morgan fingerprint density at radius 3 is 1.55 bits per heavy atom. The van der Waals surface area contributed by atoms with Crippen LogP contribution in [-0.2, 0) is 12.8 Å². The van der Waals surface area contributed by atoms with Crippen LogP contribution in [0.25, 0.3) is 56.5 Å². The lowest BCUT2D eigenvalue weighted by molar-refractivity contribution is 0.400. The molecule has 1 fully saturated rings. The van der Waals surface area contributed by atoms with E-state index in [4.69, 9.17) is 0 Å². The zero-order valence-corrected chi connectivity index (χ0v) is 86.1. The van der Waals surface area contributed by atoms with Crippen molar-refractivity contribution in [1.29, 1.82) is 0 Å². The summed E-state index contributed by atoms with van der Waals surface area (Å²) < 4.78 is 5.11. The van der Waals surface area contributed by atoms with Crippen molar-refractivity contribution in [3.8, 4) is 5.69 Å². The third kappa shape index (κ3) is 13.5. The standard InChI is InChI=1S/C138H118B3N9/c1-85-40-52-97(53-41-85)145-124-70-46-88(4)76-112(124)139-115-82-91(49-73-127(115)148(133-37-19-34-130(145)136(133)139)103-64-58-100(59-65-103)142-118-28-13-7-22-106(118)107-23-8-14-29-119(107)142)94-79-95(92-50-74-128-116(83-92)140-113-77-89(5)47-71-125(113)146(98-54-42-86(2)43-55-98)131-35-20-38-134(137(131)140)149(128)104-66-60-101(61-67-104)143-120-30-15-9-24-108(120)109-25-10-16-31-121(109)143)81-96(80-94)93-51-75-129-117(84-93)141-114-78-90(6)48-72-126(114)147(99-56-44-87(3)45-57-99)132-36-21-39-135(138(132)141)150(129)105-68-62-102(63-69-105)144-122-32-17-11-26-110(122)111-27-12-18-33-123(111)144/h7-9,13-24,28-47,49-62,64-68,70-71,73-78,80-84,94,108-109,112,114-115,120-121,124,126-127H,10-12,25-27,48,63,69,72,79H2,1-6H3. The minimum atomic E-state index is -0.104. The molecule has 11 unspecified atom stereocenters. The molecule has 150 heavy (non-hydrogen) atoms. The van der Waals surface area contributed by atoms with Crippen LogP contribution in [0.3, 0.4) is 0 Å². The van der Waals surface area contributed by atoms with E-state index in [-0.39, 0.29) is 61.6 Å². The molecule has 13 aromatic carbocycles. The van der Waals surface area contributed by atoms with Crippen LogP contribution in [0.2, 0.25) is 17.5 Å². The summed E-state index contributed by atoms with van der Waals surface area (Å²) in [5.74, 6) is 1.41. The van der Waals surface area contributed by atoms with E-state index in [1.165, 1.54) is 219 Å². The second-order valence-corrected chi connectivity index (χ2v) is 45.6. The monoisotopic (exact) mass is 1930 g/mol. The molecule has 15 aromatic rings. The van der Waals surface area contributed by atoms with Crippen molar-refractivity contribution >= 4 is 189 Å². The van der Waals surface area contributed by atoms with Crippen LogP contribution in [-0.4, -0.2) is 59.5 Å². The van der Waals surface area contributed by atoms with E-state index in [0.29, 0.717) is 23.9 Å². The predicted octanol–water partition coefficient (Wildman–Crippen LogP) is 29.7. The Balaban J connectivity index is 0.608. The molecule has 9 heterocycles. The lowest BCUT2D eigenvalue weighted by atomic mass is 9.25. The number of allylic oxidation sites excluding steroid dienone is 18. The second-order valence-electron chi connectivity index (χ2n) is 45.6. The van der Waals surface area contributed by atoms with Crippen LogP contribution in [0.4, 0.5) is 85.3 Å². The van der Waals surface area contributed by atoms with Crippen molar-refractivity contribution in [2.75, 3.05) is 34.3 Å². The van der Waals surface area contributed by atoms with Crippen molar-refractivity contribution in [3.63, 3.8) is 0 Å². The third-order valence-electron chi connectivity index (χ3n) is 37.2. The molecular weight excluding hydrogens is 1820 g/mol. The average molecular weight is 1930 g/mol. The number of aryl methyl sites for hydroxylation is 4. The van der Waals surface area contributed by atoms with Gasteiger partial charge in [-0.25, -0.2) is 0 Å². The molecule has 31 rings (SSSR count). The average Bonchev–Trinajstić information content (AvgIpc) is 0.954. The van der Waals surface area contributed by atoms with E-state index >= 15 is 0 Å². The lowest BCUT2D eigenvalue weighted by Crippen LogP contribution is -2.62. The van der Waals surface area contributed by atoms with Gasteiger partial charge in [0.1, 0.15) is 0 Å². The van der Waals surface area contributed by atoms with Gasteiger partial charge in [-0.1, -0.05) is 264 Å². The maximum absolute atomic E-state index is 2.84. The van der Waals surface area contributed by atoms with Gasteiger partial charge in [0.25, 0.3) is 6.71 Å². The number of rotatable bonds is 12. The highest BCUT2D eigenvalue weighted by Gasteiger charge is 2.56. The number of para-hydroxylation sites is 2. The molecule has 724 valence electrons. The minimum absolute atomic E-state index is 0.0268. The van der Waals surface area contributed by atoms with Gasteiger partial charge in [0, 0.05) is 142 Å². The highest BCUT2D eigenvalue weighted by molar-refractivity contribution is 7.00. The zero-order chi connectivity index (χ0) is 99.3. The van der Waals surface area contributed by atoms with E-state index < -0.39 is 0 Å². The number of fused-ring (bicyclic) bond motifs is 21. The number of benzene rings is 13. The fourth-order valence-electron chi connectivity index (χ4n) is 30.7. The first-order chi connectivity index (χ1) is 73.9. The predicted molar refractivity (Wildman–Crippen MR) is 636 cm³/mol. The molecule has 0 N–H and O–H groups in total. The quantitative estimate of drug-likeness (QED) is 0.0890. The van der Waals surface area contributed by atoms with Crippen molar-refractivity contribution in [2.24, 2.45) is 17.8 Å². The molecule has 7 aliphatic heterocycles. The van der Waals surface area contributed by atoms with Gasteiger partial charge >= 0.3 is 0 Å². The summed E-state index contributed by atoms with van der Waals surface area (Å²) in [6.45, 7) is 13.8. The fourth-order valence-corrected chi connectivity index (χ4v) is 30.7. The van der Waals surface area contributed by atoms with Crippen LogP contribution >= 0.6 is 0 Å². The van der Waals surface area contributed by atoms with Gasteiger partial charge in [-0.2, -0.15) is 0 Å². The Morgan fingerprint density at radius 1 is 0.340 bits per heavy atom. The van der Waals surface area contributed by atoms with E-state index in [9.17, 15) is 0 Å². The summed E-state index contributed by atoms with van der Waals surface area (Å²) in [6.07, 6.45) is 64.6. The Morgan fingerprint density at radius 2 is 0.880 bits per heavy atom. The van der Waals surface area contributed by atoms with Crippen molar-refractivity contribution in [1.82, 2.24) is 9.13 Å². The molecule has 0 radical (unpaired) electrons.